The highest BCUT2D eigenvalue weighted by molar-refractivity contribution is 9.10. The molecule has 1 aromatic heterocycles. The average Bonchev–Trinajstić information content (AvgIpc) is 1.83. The minimum atomic E-state index is -0.0336. The normalized spacial score (nSPS) is 9.56. The van der Waals surface area contributed by atoms with Gasteiger partial charge in [-0.3, -0.25) is 4.79 Å². The molecule has 0 saturated carbocycles. The number of rotatable bonds is 0. The van der Waals surface area contributed by atoms with Gasteiger partial charge in [0, 0.05) is 19.3 Å². The van der Waals surface area contributed by atoms with E-state index in [9.17, 15) is 4.79 Å². The summed E-state index contributed by atoms with van der Waals surface area (Å²) in [5.41, 5.74) is -0.0336. The number of aromatic nitrogens is 1. The van der Waals surface area contributed by atoms with Crippen LogP contribution in [0.4, 0.5) is 0 Å². The summed E-state index contributed by atoms with van der Waals surface area (Å²) < 4.78 is 2.01. The molecule has 0 aliphatic rings. The van der Waals surface area contributed by atoms with E-state index in [1.165, 1.54) is 4.57 Å². The third kappa shape index (κ3) is 1.21. The van der Waals surface area contributed by atoms with Gasteiger partial charge in [-0.1, -0.05) is 0 Å². The van der Waals surface area contributed by atoms with E-state index in [-0.39, 0.29) is 5.56 Å². The van der Waals surface area contributed by atoms with Crippen molar-refractivity contribution in [2.45, 2.75) is 0 Å². The van der Waals surface area contributed by atoms with Crippen LogP contribution in [0.3, 0.4) is 0 Å². The van der Waals surface area contributed by atoms with Gasteiger partial charge >= 0.3 is 0 Å². The second-order valence-corrected chi connectivity index (χ2v) is 2.56. The molecule has 1 aromatic rings. The van der Waals surface area contributed by atoms with Crippen LogP contribution >= 0.6 is 15.9 Å². The van der Waals surface area contributed by atoms with Gasteiger partial charge in [0.05, 0.1) is 4.47 Å². The van der Waals surface area contributed by atoms with Gasteiger partial charge in [-0.05, 0) is 22.0 Å². The quantitative estimate of drug-likeness (QED) is 0.592. The molecule has 0 N–H and O–H groups in total. The number of pyridine rings is 1. The van der Waals surface area contributed by atoms with Gasteiger partial charge in [-0.15, -0.1) is 0 Å². The highest BCUT2D eigenvalue weighted by Crippen LogP contribution is 1.98. The molecule has 1 radical (unpaired) electrons. The lowest BCUT2D eigenvalue weighted by Crippen LogP contribution is -2.15. The number of nitrogens with zero attached hydrogens (tertiary/aromatic N) is 1. The number of hydrogen-bond donors (Lipinski definition) is 0. The largest absolute Gasteiger partial charge is 0.317 e. The second kappa shape index (κ2) is 2.35. The monoisotopic (exact) mass is 186 g/mol. The van der Waals surface area contributed by atoms with Crippen molar-refractivity contribution < 1.29 is 0 Å². The Morgan fingerprint density at radius 2 is 2.44 bits per heavy atom. The van der Waals surface area contributed by atoms with Crippen LogP contribution in [0, 0.1) is 6.07 Å². The van der Waals surface area contributed by atoms with Crippen LogP contribution in [0.5, 0.6) is 0 Å². The van der Waals surface area contributed by atoms with Crippen LogP contribution in [-0.4, -0.2) is 4.57 Å². The Balaban J connectivity index is 3.43. The van der Waals surface area contributed by atoms with Crippen molar-refractivity contribution in [3.05, 3.63) is 33.2 Å². The van der Waals surface area contributed by atoms with Crippen LogP contribution < -0.4 is 5.56 Å². The zero-order valence-electron chi connectivity index (χ0n) is 4.89. The average molecular weight is 187 g/mol. The maximum atomic E-state index is 10.9. The molecule has 47 valence electrons. The lowest BCUT2D eigenvalue weighted by Gasteiger charge is -1.93. The van der Waals surface area contributed by atoms with Crippen LogP contribution in [0.25, 0.3) is 0 Å². The summed E-state index contributed by atoms with van der Waals surface area (Å²) in [5.74, 6) is 0. The van der Waals surface area contributed by atoms with Crippen molar-refractivity contribution in [1.82, 2.24) is 4.57 Å². The fourth-order valence-corrected chi connectivity index (χ4v) is 0.923. The fraction of sp³-hybridized carbons (Fsp3) is 0.167. The topological polar surface area (TPSA) is 22.0 Å². The summed E-state index contributed by atoms with van der Waals surface area (Å²) in [6.07, 6.45) is 1.59. The Morgan fingerprint density at radius 3 is 2.89 bits per heavy atom. The van der Waals surface area contributed by atoms with Crippen LogP contribution in [-0.2, 0) is 7.05 Å². The summed E-state index contributed by atoms with van der Waals surface area (Å²) >= 11 is 3.08. The Hall–Kier alpha value is -0.570. The van der Waals surface area contributed by atoms with E-state index in [0.717, 1.165) is 0 Å². The predicted molar refractivity (Wildman–Crippen MR) is 38.2 cm³/mol. The molecule has 2 nitrogen and oxygen atoms in total. The maximum Gasteiger partial charge on any atom is 0.264 e. The van der Waals surface area contributed by atoms with Crippen molar-refractivity contribution in [2.24, 2.45) is 7.05 Å². The molecule has 0 saturated heterocycles. The SMILES string of the molecule is Cn1c[c]cc(Br)c1=O. The number of halogens is 1. The van der Waals surface area contributed by atoms with Crippen molar-refractivity contribution in [2.75, 3.05) is 0 Å². The summed E-state index contributed by atoms with van der Waals surface area (Å²) in [4.78, 5) is 10.9. The molecule has 0 aliphatic heterocycles. The van der Waals surface area contributed by atoms with Gasteiger partial charge in [0.2, 0.25) is 0 Å². The molecule has 1 rings (SSSR count). The van der Waals surface area contributed by atoms with Crippen LogP contribution in [0.15, 0.2) is 21.5 Å². The third-order valence-corrected chi connectivity index (χ3v) is 1.57. The van der Waals surface area contributed by atoms with E-state index in [4.69, 9.17) is 0 Å². The molecular formula is C6H5BrNO. The van der Waals surface area contributed by atoms with Gasteiger partial charge in [0.1, 0.15) is 0 Å². The summed E-state index contributed by atoms with van der Waals surface area (Å²) in [7, 11) is 1.68. The van der Waals surface area contributed by atoms with Gasteiger partial charge in [-0.2, -0.15) is 0 Å². The van der Waals surface area contributed by atoms with E-state index in [0.29, 0.717) is 4.47 Å². The molecule has 0 aliphatic carbocycles. The molecule has 0 amide bonds. The molecule has 3 heteroatoms. The first kappa shape index (κ1) is 6.55. The van der Waals surface area contributed by atoms with E-state index in [1.807, 2.05) is 0 Å². The molecule has 9 heavy (non-hydrogen) atoms. The predicted octanol–water partition coefficient (Wildman–Crippen LogP) is 0.948. The lowest BCUT2D eigenvalue weighted by atomic mass is 10.5. The van der Waals surface area contributed by atoms with Crippen molar-refractivity contribution in [3.63, 3.8) is 0 Å². The number of hydrogen-bond acceptors (Lipinski definition) is 1. The van der Waals surface area contributed by atoms with E-state index >= 15 is 0 Å². The Kier molecular flexibility index (Phi) is 1.71. The molecule has 1 heterocycles. The van der Waals surface area contributed by atoms with Crippen molar-refractivity contribution in [1.29, 1.82) is 0 Å². The van der Waals surface area contributed by atoms with Crippen LogP contribution in [0.2, 0.25) is 0 Å². The molecule has 0 fully saturated rings. The van der Waals surface area contributed by atoms with E-state index in [2.05, 4.69) is 22.0 Å². The molecule has 0 atom stereocenters. The third-order valence-electron chi connectivity index (χ3n) is 1.00. The van der Waals surface area contributed by atoms with Gasteiger partial charge in [0.15, 0.2) is 0 Å². The van der Waals surface area contributed by atoms with Gasteiger partial charge in [0.25, 0.3) is 5.56 Å². The van der Waals surface area contributed by atoms with Crippen LogP contribution in [0.1, 0.15) is 0 Å². The molecule has 0 aromatic carbocycles. The zero-order valence-corrected chi connectivity index (χ0v) is 6.47. The zero-order chi connectivity index (χ0) is 6.85. The first-order chi connectivity index (χ1) is 4.22. The summed E-state index contributed by atoms with van der Waals surface area (Å²) in [5, 5.41) is 0. The van der Waals surface area contributed by atoms with Gasteiger partial charge < -0.3 is 4.57 Å². The van der Waals surface area contributed by atoms with Crippen molar-refractivity contribution >= 4 is 15.9 Å². The Bertz CT molecular complexity index is 243. The molecule has 0 unspecified atom stereocenters. The highest BCUT2D eigenvalue weighted by Gasteiger charge is 1.92. The summed E-state index contributed by atoms with van der Waals surface area (Å²) in [6, 6.07) is 4.39. The fourth-order valence-electron chi connectivity index (χ4n) is 0.511. The molecular weight excluding hydrogens is 182 g/mol. The molecule has 0 spiro atoms. The maximum absolute atomic E-state index is 10.9. The van der Waals surface area contributed by atoms with E-state index in [1.54, 1.807) is 19.3 Å². The minimum absolute atomic E-state index is 0.0336. The Morgan fingerprint density at radius 1 is 1.78 bits per heavy atom. The standard InChI is InChI=1S/C6H5BrNO/c1-8-4-2-3-5(7)6(8)9/h3-4H,1H3. The highest BCUT2D eigenvalue weighted by atomic mass is 79.9. The smallest absolute Gasteiger partial charge is 0.264 e. The van der Waals surface area contributed by atoms with Crippen molar-refractivity contribution in [3.8, 4) is 0 Å². The first-order valence-corrected chi connectivity index (χ1v) is 3.23. The molecule has 0 bridgehead atoms. The van der Waals surface area contributed by atoms with Gasteiger partial charge in [-0.25, -0.2) is 0 Å². The second-order valence-electron chi connectivity index (χ2n) is 1.70. The summed E-state index contributed by atoms with van der Waals surface area (Å²) in [6.45, 7) is 0. The minimum Gasteiger partial charge on any atom is -0.317 e. The lowest BCUT2D eigenvalue weighted by molar-refractivity contribution is 0.852. The first-order valence-electron chi connectivity index (χ1n) is 2.44. The Labute approximate surface area is 61.3 Å². The van der Waals surface area contributed by atoms with E-state index < -0.39 is 0 Å². The number of aryl methyl sites for hydroxylation is 1.